The highest BCUT2D eigenvalue weighted by atomic mass is 16.2. The van der Waals surface area contributed by atoms with Gasteiger partial charge in [0.15, 0.2) is 0 Å². The second-order valence-electron chi connectivity index (χ2n) is 5.45. The van der Waals surface area contributed by atoms with Gasteiger partial charge in [-0.3, -0.25) is 4.79 Å². The van der Waals surface area contributed by atoms with Gasteiger partial charge in [0.05, 0.1) is 0 Å². The number of rotatable bonds is 4. The third-order valence-corrected chi connectivity index (χ3v) is 3.70. The number of benzene rings is 1. The molecule has 3 nitrogen and oxygen atoms in total. The molecule has 0 saturated heterocycles. The zero-order valence-electron chi connectivity index (χ0n) is 11.4. The van der Waals surface area contributed by atoms with Crippen LogP contribution in [-0.2, 0) is 11.3 Å². The Bertz CT molecular complexity index is 424. The van der Waals surface area contributed by atoms with Crippen LogP contribution >= 0.6 is 0 Å². The molecule has 1 aromatic carbocycles. The lowest BCUT2D eigenvalue weighted by Gasteiger charge is -2.35. The fourth-order valence-corrected chi connectivity index (χ4v) is 2.41. The minimum Gasteiger partial charge on any atom is -0.382 e. The van der Waals surface area contributed by atoms with Crippen LogP contribution in [0.15, 0.2) is 24.3 Å². The van der Waals surface area contributed by atoms with E-state index in [4.69, 9.17) is 0 Å². The summed E-state index contributed by atoms with van der Waals surface area (Å²) < 4.78 is 0. The number of carbonyl (C=O) groups is 1. The summed E-state index contributed by atoms with van der Waals surface area (Å²) in [6, 6.07) is 8.86. The van der Waals surface area contributed by atoms with Gasteiger partial charge in [-0.25, -0.2) is 0 Å². The molecule has 1 aliphatic carbocycles. The first-order valence-corrected chi connectivity index (χ1v) is 6.62. The van der Waals surface area contributed by atoms with Crippen molar-refractivity contribution < 1.29 is 4.79 Å². The number of nitrogens with one attached hydrogen (secondary N) is 1. The first-order chi connectivity index (χ1) is 8.56. The average Bonchev–Trinajstić information content (AvgIpc) is 2.29. The number of hydrogen-bond acceptors (Lipinski definition) is 2. The summed E-state index contributed by atoms with van der Waals surface area (Å²) in [4.78, 5) is 13.0. The Morgan fingerprint density at radius 3 is 2.67 bits per heavy atom. The van der Waals surface area contributed by atoms with Gasteiger partial charge >= 0.3 is 0 Å². The molecule has 0 bridgehead atoms. The molecule has 0 spiro atoms. The van der Waals surface area contributed by atoms with Gasteiger partial charge in [-0.05, 0) is 30.4 Å². The molecule has 1 N–H and O–H groups in total. The molecule has 1 amide bonds. The molecule has 1 saturated carbocycles. The van der Waals surface area contributed by atoms with Crippen molar-refractivity contribution in [3.63, 3.8) is 0 Å². The average molecular weight is 246 g/mol. The SMILES string of the molecule is CC(=O)N(C)Cc1ccccc1NC1CC(C)C1. The maximum Gasteiger partial charge on any atom is 0.219 e. The van der Waals surface area contributed by atoms with Crippen LogP contribution in [0.3, 0.4) is 0 Å². The van der Waals surface area contributed by atoms with Gasteiger partial charge in [0.25, 0.3) is 0 Å². The Morgan fingerprint density at radius 1 is 1.39 bits per heavy atom. The summed E-state index contributed by atoms with van der Waals surface area (Å²) in [5.41, 5.74) is 2.36. The first-order valence-electron chi connectivity index (χ1n) is 6.62. The molecule has 0 heterocycles. The Balaban J connectivity index is 2.03. The third-order valence-electron chi connectivity index (χ3n) is 3.70. The Labute approximate surface area is 109 Å². The van der Waals surface area contributed by atoms with E-state index in [9.17, 15) is 4.79 Å². The van der Waals surface area contributed by atoms with E-state index in [1.54, 1.807) is 11.8 Å². The fourth-order valence-electron chi connectivity index (χ4n) is 2.41. The molecule has 0 atom stereocenters. The smallest absolute Gasteiger partial charge is 0.219 e. The summed E-state index contributed by atoms with van der Waals surface area (Å²) in [6.07, 6.45) is 2.49. The summed E-state index contributed by atoms with van der Waals surface area (Å²) in [5, 5.41) is 3.58. The summed E-state index contributed by atoms with van der Waals surface area (Å²) >= 11 is 0. The van der Waals surface area contributed by atoms with E-state index >= 15 is 0 Å². The number of nitrogens with zero attached hydrogens (tertiary/aromatic N) is 1. The Kier molecular flexibility index (Phi) is 3.90. The minimum absolute atomic E-state index is 0.0991. The molecule has 0 aliphatic heterocycles. The fraction of sp³-hybridized carbons (Fsp3) is 0.533. The largest absolute Gasteiger partial charge is 0.382 e. The van der Waals surface area contributed by atoms with Crippen molar-refractivity contribution in [1.29, 1.82) is 0 Å². The monoisotopic (exact) mass is 246 g/mol. The number of hydrogen-bond donors (Lipinski definition) is 1. The van der Waals surface area contributed by atoms with E-state index in [1.807, 2.05) is 19.2 Å². The van der Waals surface area contributed by atoms with Crippen molar-refractivity contribution >= 4 is 11.6 Å². The predicted octanol–water partition coefficient (Wildman–Crippen LogP) is 2.88. The predicted molar refractivity (Wildman–Crippen MR) is 74.4 cm³/mol. The number of carbonyl (C=O) groups excluding carboxylic acids is 1. The number of amides is 1. The van der Waals surface area contributed by atoms with Crippen LogP contribution in [-0.4, -0.2) is 23.9 Å². The molecule has 2 rings (SSSR count). The molecule has 1 fully saturated rings. The van der Waals surface area contributed by atoms with Crippen LogP contribution in [0.2, 0.25) is 0 Å². The summed E-state index contributed by atoms with van der Waals surface area (Å²) in [7, 11) is 1.84. The maximum atomic E-state index is 11.3. The van der Waals surface area contributed by atoms with Crippen molar-refractivity contribution in [2.45, 2.75) is 39.3 Å². The summed E-state index contributed by atoms with van der Waals surface area (Å²) in [6.45, 7) is 4.55. The quantitative estimate of drug-likeness (QED) is 0.886. The molecule has 0 unspecified atom stereocenters. The highest BCUT2D eigenvalue weighted by Gasteiger charge is 2.25. The molecule has 18 heavy (non-hydrogen) atoms. The normalized spacial score (nSPS) is 22.2. The molecular weight excluding hydrogens is 224 g/mol. The standard InChI is InChI=1S/C15H22N2O/c1-11-8-14(9-11)16-15-7-5-4-6-13(15)10-17(3)12(2)18/h4-7,11,14,16H,8-10H2,1-3H3. The molecular formula is C15H22N2O. The van der Waals surface area contributed by atoms with Gasteiger partial charge in [0.1, 0.15) is 0 Å². The van der Waals surface area contributed by atoms with Gasteiger partial charge in [0.2, 0.25) is 5.91 Å². The summed E-state index contributed by atoms with van der Waals surface area (Å²) in [5.74, 6) is 0.941. The lowest BCUT2D eigenvalue weighted by atomic mass is 9.81. The van der Waals surface area contributed by atoms with E-state index in [-0.39, 0.29) is 5.91 Å². The van der Waals surface area contributed by atoms with Gasteiger partial charge in [-0.1, -0.05) is 25.1 Å². The van der Waals surface area contributed by atoms with Crippen molar-refractivity contribution in [2.75, 3.05) is 12.4 Å². The van der Waals surface area contributed by atoms with Gasteiger partial charge < -0.3 is 10.2 Å². The van der Waals surface area contributed by atoms with E-state index in [1.165, 1.54) is 24.1 Å². The van der Waals surface area contributed by atoms with E-state index in [2.05, 4.69) is 24.4 Å². The lowest BCUT2D eigenvalue weighted by Crippen LogP contribution is -2.34. The minimum atomic E-state index is 0.0991. The van der Waals surface area contributed by atoms with Crippen LogP contribution in [0.5, 0.6) is 0 Å². The first kappa shape index (κ1) is 12.9. The molecule has 1 aliphatic rings. The Morgan fingerprint density at radius 2 is 2.06 bits per heavy atom. The van der Waals surface area contributed by atoms with Crippen LogP contribution < -0.4 is 5.32 Å². The maximum absolute atomic E-state index is 11.3. The third kappa shape index (κ3) is 3.03. The topological polar surface area (TPSA) is 32.3 Å². The Hall–Kier alpha value is -1.51. The zero-order valence-corrected chi connectivity index (χ0v) is 11.4. The molecule has 3 heteroatoms. The highest BCUT2D eigenvalue weighted by molar-refractivity contribution is 5.73. The number of para-hydroxylation sites is 1. The van der Waals surface area contributed by atoms with Crippen LogP contribution in [0.25, 0.3) is 0 Å². The van der Waals surface area contributed by atoms with Crippen LogP contribution in [0, 0.1) is 5.92 Å². The van der Waals surface area contributed by atoms with E-state index in [0.717, 1.165) is 5.92 Å². The van der Waals surface area contributed by atoms with E-state index < -0.39 is 0 Å². The van der Waals surface area contributed by atoms with Gasteiger partial charge in [-0.2, -0.15) is 0 Å². The van der Waals surface area contributed by atoms with E-state index in [0.29, 0.717) is 12.6 Å². The molecule has 98 valence electrons. The number of anilines is 1. The van der Waals surface area contributed by atoms with Crippen molar-refractivity contribution in [1.82, 2.24) is 4.90 Å². The van der Waals surface area contributed by atoms with Crippen molar-refractivity contribution in [3.05, 3.63) is 29.8 Å². The van der Waals surface area contributed by atoms with Crippen molar-refractivity contribution in [3.8, 4) is 0 Å². The molecule has 1 aromatic rings. The molecule has 0 aromatic heterocycles. The second kappa shape index (κ2) is 5.42. The molecule has 0 radical (unpaired) electrons. The van der Waals surface area contributed by atoms with Gasteiger partial charge in [0, 0.05) is 32.2 Å². The lowest BCUT2D eigenvalue weighted by molar-refractivity contribution is -0.128. The van der Waals surface area contributed by atoms with Gasteiger partial charge in [-0.15, -0.1) is 0 Å². The zero-order chi connectivity index (χ0) is 13.1. The van der Waals surface area contributed by atoms with Crippen LogP contribution in [0.4, 0.5) is 5.69 Å². The second-order valence-corrected chi connectivity index (χ2v) is 5.45. The highest BCUT2D eigenvalue weighted by Crippen LogP contribution is 2.30. The van der Waals surface area contributed by atoms with Crippen molar-refractivity contribution in [2.24, 2.45) is 5.92 Å². The van der Waals surface area contributed by atoms with Crippen LogP contribution in [0.1, 0.15) is 32.3 Å².